The van der Waals surface area contributed by atoms with Crippen LogP contribution in [-0.4, -0.2) is 55.9 Å². The van der Waals surface area contributed by atoms with Crippen molar-refractivity contribution in [1.82, 2.24) is 24.8 Å². The van der Waals surface area contributed by atoms with Crippen LogP contribution in [0.5, 0.6) is 11.6 Å². The van der Waals surface area contributed by atoms with Crippen molar-refractivity contribution in [3.8, 4) is 29.1 Å². The quantitative estimate of drug-likeness (QED) is 0.230. The lowest BCUT2D eigenvalue weighted by Crippen LogP contribution is -2.43. The monoisotopic (exact) mass is 571 g/mol. The zero-order chi connectivity index (χ0) is 28.4. The van der Waals surface area contributed by atoms with Crippen molar-refractivity contribution in [2.75, 3.05) is 7.11 Å². The van der Waals surface area contributed by atoms with Gasteiger partial charge >= 0.3 is 6.18 Å². The number of methoxy groups -OCH3 is 1. The van der Waals surface area contributed by atoms with Crippen molar-refractivity contribution < 1.29 is 32.8 Å². The molecule has 0 radical (unpaired) electrons. The largest absolute Gasteiger partial charge is 0.481 e. The summed E-state index contributed by atoms with van der Waals surface area (Å²) >= 11 is 5.97. The normalized spacial score (nSPS) is 15.4. The van der Waals surface area contributed by atoms with E-state index in [1.165, 1.54) is 31.5 Å². The predicted octanol–water partition coefficient (Wildman–Crippen LogP) is 5.07. The van der Waals surface area contributed by atoms with E-state index in [-0.39, 0.29) is 28.8 Å². The molecule has 1 unspecified atom stereocenters. The van der Waals surface area contributed by atoms with E-state index in [0.717, 1.165) is 16.6 Å². The van der Waals surface area contributed by atoms with E-state index >= 15 is 0 Å². The molecule has 5 rings (SSSR count). The molecule has 0 aliphatic carbocycles. The van der Waals surface area contributed by atoms with Gasteiger partial charge in [-0.25, -0.2) is 25.1 Å². The highest BCUT2D eigenvalue weighted by Crippen LogP contribution is 2.37. The molecule has 40 heavy (non-hydrogen) atoms. The number of fused-ring (bicyclic) bond motifs is 1. The Morgan fingerprint density at radius 1 is 1.23 bits per heavy atom. The van der Waals surface area contributed by atoms with Crippen LogP contribution in [0.2, 0.25) is 5.02 Å². The summed E-state index contributed by atoms with van der Waals surface area (Å²) in [7, 11) is 1.38. The van der Waals surface area contributed by atoms with Gasteiger partial charge in [0.05, 0.1) is 37.2 Å². The average Bonchev–Trinajstić information content (AvgIpc) is 3.41. The minimum absolute atomic E-state index is 0.0439. The summed E-state index contributed by atoms with van der Waals surface area (Å²) in [6.45, 7) is -0.203. The Morgan fingerprint density at radius 3 is 2.77 bits per heavy atom. The molecule has 3 aromatic heterocycles. The molecule has 0 saturated carbocycles. The molecule has 0 bridgehead atoms. The number of hydrogen-bond donors (Lipinski definition) is 2. The number of aromatic amines is 1. The smallest absolute Gasteiger partial charge is 0.436 e. The number of aromatic nitrogens is 4. The number of alkyl halides is 3. The van der Waals surface area contributed by atoms with E-state index in [2.05, 4.69) is 29.8 Å². The molecular weight excluding hydrogens is 555 g/mol. The zero-order valence-electron chi connectivity index (χ0n) is 20.3. The van der Waals surface area contributed by atoms with Crippen molar-refractivity contribution in [1.29, 1.82) is 5.26 Å². The summed E-state index contributed by atoms with van der Waals surface area (Å²) in [6.07, 6.45) is -1.18. The number of nitrogens with one attached hydrogen (secondary N) is 1. The number of pyridine rings is 1. The Bertz CT molecular complexity index is 1680. The maximum Gasteiger partial charge on any atom is 0.436 e. The van der Waals surface area contributed by atoms with Crippen LogP contribution in [0.1, 0.15) is 11.1 Å². The molecule has 1 aromatic carbocycles. The second-order valence-electron chi connectivity index (χ2n) is 8.30. The van der Waals surface area contributed by atoms with Crippen molar-refractivity contribution in [3.05, 3.63) is 76.5 Å². The first kappa shape index (κ1) is 26.9. The topological polar surface area (TPSA) is 142 Å². The minimum Gasteiger partial charge on any atom is -0.481 e. The van der Waals surface area contributed by atoms with E-state index in [1.54, 1.807) is 18.5 Å². The number of hydrogen-bond acceptors (Lipinski definition) is 10. The highest BCUT2D eigenvalue weighted by Gasteiger charge is 2.44. The van der Waals surface area contributed by atoms with Gasteiger partial charge in [0.25, 0.3) is 0 Å². The van der Waals surface area contributed by atoms with Crippen LogP contribution in [0, 0.1) is 11.3 Å². The van der Waals surface area contributed by atoms with E-state index in [1.807, 2.05) is 12.1 Å². The molecular formula is C25H17ClF3N7O4. The number of ether oxygens (including phenoxy) is 2. The van der Waals surface area contributed by atoms with Gasteiger partial charge in [-0.15, -0.1) is 0 Å². The van der Waals surface area contributed by atoms with E-state index in [9.17, 15) is 23.7 Å². The number of allylic oxidation sites excluding steroid dienone is 1. The van der Waals surface area contributed by atoms with Crippen LogP contribution in [0.4, 0.5) is 13.2 Å². The standard InChI is InChI=1S/C25H17ClF3N7O4/c1-38-23-14(10-33-22(35-23)18-3-5-32-21-17(18)2-4-31-21)11-36-12-34-20(25(27,28)29)19(24(36)40-37)39-16-7-13(9-30)6-15(26)8-16/h2-8,10,12,24,37H,11H2,1H3,(H,31,32). The summed E-state index contributed by atoms with van der Waals surface area (Å²) in [6, 6.07) is 9.08. The molecule has 1 aliphatic heterocycles. The fraction of sp³-hybridized carbons (Fsp3) is 0.160. The van der Waals surface area contributed by atoms with Crippen LogP contribution in [-0.2, 0) is 11.4 Å². The molecule has 204 valence electrons. The highest BCUT2D eigenvalue weighted by atomic mass is 35.5. The number of rotatable bonds is 7. The van der Waals surface area contributed by atoms with Gasteiger partial charge in [-0.2, -0.15) is 23.4 Å². The Balaban J connectivity index is 1.48. The number of halogens is 4. The third-order valence-corrected chi connectivity index (χ3v) is 5.98. The van der Waals surface area contributed by atoms with Crippen LogP contribution in [0.3, 0.4) is 0 Å². The Hall–Kier alpha value is -4.71. The lowest BCUT2D eigenvalue weighted by molar-refractivity contribution is -0.300. The highest BCUT2D eigenvalue weighted by molar-refractivity contribution is 6.30. The number of benzene rings is 1. The summed E-state index contributed by atoms with van der Waals surface area (Å²) in [4.78, 5) is 25.2. The first-order valence-electron chi connectivity index (χ1n) is 11.3. The van der Waals surface area contributed by atoms with Gasteiger partial charge < -0.3 is 19.4 Å². The first-order chi connectivity index (χ1) is 19.2. The van der Waals surface area contributed by atoms with Crippen LogP contribution in [0.15, 0.2) is 65.4 Å². The third-order valence-electron chi connectivity index (χ3n) is 5.76. The molecule has 0 saturated heterocycles. The molecule has 15 heteroatoms. The summed E-state index contributed by atoms with van der Waals surface area (Å²) in [5.41, 5.74) is 0.246. The lowest BCUT2D eigenvalue weighted by atomic mass is 10.1. The van der Waals surface area contributed by atoms with E-state index in [0.29, 0.717) is 22.6 Å². The van der Waals surface area contributed by atoms with Crippen LogP contribution >= 0.6 is 11.6 Å². The molecule has 2 N–H and O–H groups in total. The number of nitriles is 1. The van der Waals surface area contributed by atoms with Crippen molar-refractivity contribution in [2.24, 2.45) is 4.99 Å². The first-order valence-corrected chi connectivity index (χ1v) is 11.7. The SMILES string of the molecule is COc1nc(-c2ccnc3[nH]ccc23)ncc1CN1C=NC(C(F)(F)F)=C(Oc2cc(Cl)cc(C#N)c2)C1OO. The average molecular weight is 572 g/mol. The summed E-state index contributed by atoms with van der Waals surface area (Å²) in [5.74, 6) is -0.630. The second kappa shape index (κ2) is 10.8. The minimum atomic E-state index is -4.97. The maximum absolute atomic E-state index is 13.9. The number of aliphatic imine (C=N–C) groups is 1. The predicted molar refractivity (Wildman–Crippen MR) is 135 cm³/mol. The summed E-state index contributed by atoms with van der Waals surface area (Å²) in [5, 5.41) is 19.7. The summed E-state index contributed by atoms with van der Waals surface area (Å²) < 4.78 is 52.5. The Kier molecular flexibility index (Phi) is 7.26. The van der Waals surface area contributed by atoms with E-state index in [4.69, 9.17) is 21.1 Å². The zero-order valence-corrected chi connectivity index (χ0v) is 21.1. The van der Waals surface area contributed by atoms with Gasteiger partial charge in [0, 0.05) is 34.6 Å². The molecule has 4 aromatic rings. The van der Waals surface area contributed by atoms with Crippen LogP contribution in [0.25, 0.3) is 22.4 Å². The molecule has 11 nitrogen and oxygen atoms in total. The van der Waals surface area contributed by atoms with Gasteiger partial charge in [0.1, 0.15) is 11.4 Å². The number of nitrogens with zero attached hydrogens (tertiary/aromatic N) is 6. The second-order valence-corrected chi connectivity index (χ2v) is 8.74. The van der Waals surface area contributed by atoms with Gasteiger partial charge in [-0.1, -0.05) is 11.6 Å². The van der Waals surface area contributed by atoms with E-state index < -0.39 is 23.9 Å². The number of H-pyrrole nitrogens is 1. The van der Waals surface area contributed by atoms with Crippen molar-refractivity contribution in [3.63, 3.8) is 0 Å². The molecule has 0 spiro atoms. The van der Waals surface area contributed by atoms with Crippen molar-refractivity contribution >= 4 is 29.0 Å². The van der Waals surface area contributed by atoms with Crippen LogP contribution < -0.4 is 9.47 Å². The van der Waals surface area contributed by atoms with Crippen molar-refractivity contribution in [2.45, 2.75) is 18.9 Å². The Labute approximate surface area is 228 Å². The molecule has 1 aliphatic rings. The molecule has 1 atom stereocenters. The molecule has 0 fully saturated rings. The molecule has 4 heterocycles. The Morgan fingerprint density at radius 2 is 2.05 bits per heavy atom. The fourth-order valence-electron chi connectivity index (χ4n) is 4.04. The van der Waals surface area contributed by atoms with Gasteiger partial charge in [-0.05, 0) is 30.3 Å². The van der Waals surface area contributed by atoms with Gasteiger partial charge in [0.2, 0.25) is 12.1 Å². The maximum atomic E-state index is 13.9. The molecule has 0 amide bonds. The fourth-order valence-corrected chi connectivity index (χ4v) is 4.26. The lowest BCUT2D eigenvalue weighted by Gasteiger charge is -2.33. The van der Waals surface area contributed by atoms with Gasteiger partial charge in [0.15, 0.2) is 17.3 Å². The van der Waals surface area contributed by atoms with Gasteiger partial charge in [-0.3, -0.25) is 0 Å². The third kappa shape index (κ3) is 5.25.